The molecular weight excluding hydrogens is 392 g/mol. The Morgan fingerprint density at radius 2 is 2.00 bits per heavy atom. The Morgan fingerprint density at radius 1 is 1.17 bits per heavy atom. The van der Waals surface area contributed by atoms with Gasteiger partial charge < -0.3 is 9.80 Å². The van der Waals surface area contributed by atoms with Crippen molar-refractivity contribution in [2.24, 2.45) is 11.8 Å². The smallest absolute Gasteiger partial charge is 0.271 e. The average Bonchev–Trinajstić information content (AvgIpc) is 3.53. The second-order valence-corrected chi connectivity index (χ2v) is 10.9. The first-order valence-corrected chi connectivity index (χ1v) is 12.3. The van der Waals surface area contributed by atoms with E-state index >= 15 is 0 Å². The summed E-state index contributed by atoms with van der Waals surface area (Å²) in [6, 6.07) is 7.46. The SMILES string of the molecule is Cc1ccc2c(c1)C1(CCN(C3CC4CCC3C4)CC1)CN2C(=O)c1snnc1C. The first-order chi connectivity index (χ1) is 14.5. The van der Waals surface area contributed by atoms with E-state index < -0.39 is 0 Å². The zero-order valence-corrected chi connectivity index (χ0v) is 18.7. The van der Waals surface area contributed by atoms with Gasteiger partial charge in [0, 0.05) is 23.7 Å². The molecule has 1 spiro atoms. The highest BCUT2D eigenvalue weighted by Gasteiger charge is 2.49. The number of fused-ring (bicyclic) bond motifs is 4. The van der Waals surface area contributed by atoms with Gasteiger partial charge in [0.1, 0.15) is 4.88 Å². The lowest BCUT2D eigenvalue weighted by atomic mass is 9.73. The van der Waals surface area contributed by atoms with E-state index in [4.69, 9.17) is 0 Å². The highest BCUT2D eigenvalue weighted by molar-refractivity contribution is 7.08. The predicted molar refractivity (Wildman–Crippen MR) is 119 cm³/mol. The summed E-state index contributed by atoms with van der Waals surface area (Å²) in [7, 11) is 0. The maximum atomic E-state index is 13.4. The molecule has 2 aliphatic carbocycles. The molecule has 6 heteroatoms. The van der Waals surface area contributed by atoms with E-state index in [9.17, 15) is 4.79 Å². The number of amides is 1. The molecular formula is C24H30N4OS. The molecule has 158 valence electrons. The number of hydrogen-bond donors (Lipinski definition) is 0. The normalized spacial score (nSPS) is 29.7. The van der Waals surface area contributed by atoms with Crippen LogP contribution in [0.4, 0.5) is 5.69 Å². The maximum absolute atomic E-state index is 13.4. The Kier molecular flexibility index (Phi) is 4.33. The Bertz CT molecular complexity index is 993. The third-order valence-electron chi connectivity index (χ3n) is 8.49. The van der Waals surface area contributed by atoms with Gasteiger partial charge in [-0.2, -0.15) is 0 Å². The molecule has 1 amide bonds. The molecule has 0 radical (unpaired) electrons. The van der Waals surface area contributed by atoms with Crippen LogP contribution in [0.25, 0.3) is 0 Å². The van der Waals surface area contributed by atoms with Crippen LogP contribution in [0.1, 0.15) is 65.0 Å². The molecule has 0 N–H and O–H groups in total. The fourth-order valence-corrected chi connectivity index (χ4v) is 7.49. The number of nitrogens with zero attached hydrogens (tertiary/aromatic N) is 4. The highest BCUT2D eigenvalue weighted by Crippen LogP contribution is 2.51. The van der Waals surface area contributed by atoms with Gasteiger partial charge in [-0.3, -0.25) is 4.79 Å². The number of benzene rings is 1. The van der Waals surface area contributed by atoms with Crippen molar-refractivity contribution in [3.63, 3.8) is 0 Å². The number of carbonyl (C=O) groups excluding carboxylic acids is 1. The maximum Gasteiger partial charge on any atom is 0.271 e. The van der Waals surface area contributed by atoms with Crippen LogP contribution < -0.4 is 4.90 Å². The van der Waals surface area contributed by atoms with E-state index in [0.717, 1.165) is 48.6 Å². The molecule has 2 aromatic rings. The Balaban J connectivity index is 1.28. The molecule has 3 heterocycles. The molecule has 3 atom stereocenters. The quantitative estimate of drug-likeness (QED) is 0.722. The average molecular weight is 423 g/mol. The van der Waals surface area contributed by atoms with Gasteiger partial charge in [-0.05, 0) is 94.0 Å². The number of piperidine rings is 1. The molecule has 3 unspecified atom stereocenters. The minimum atomic E-state index is 0.0695. The van der Waals surface area contributed by atoms with Crippen molar-refractivity contribution in [1.82, 2.24) is 14.5 Å². The highest BCUT2D eigenvalue weighted by atomic mass is 32.1. The summed E-state index contributed by atoms with van der Waals surface area (Å²) in [5.74, 6) is 2.01. The molecule has 2 saturated carbocycles. The van der Waals surface area contributed by atoms with E-state index in [0.29, 0.717) is 4.88 Å². The zero-order valence-electron chi connectivity index (χ0n) is 17.9. The topological polar surface area (TPSA) is 49.3 Å². The Hall–Kier alpha value is -1.79. The lowest BCUT2D eigenvalue weighted by molar-refractivity contribution is 0.0848. The van der Waals surface area contributed by atoms with Gasteiger partial charge >= 0.3 is 0 Å². The van der Waals surface area contributed by atoms with E-state index in [1.165, 1.54) is 61.4 Å². The minimum absolute atomic E-state index is 0.0695. The first-order valence-electron chi connectivity index (χ1n) is 11.5. The van der Waals surface area contributed by atoms with Crippen LogP contribution in [-0.4, -0.2) is 46.1 Å². The summed E-state index contributed by atoms with van der Waals surface area (Å²) in [6.07, 6.45) is 8.12. The molecule has 6 rings (SSSR count). The molecule has 2 aliphatic heterocycles. The van der Waals surface area contributed by atoms with Crippen molar-refractivity contribution in [3.05, 3.63) is 39.9 Å². The van der Waals surface area contributed by atoms with E-state index in [2.05, 4.69) is 39.6 Å². The molecule has 1 aromatic heterocycles. The number of carbonyl (C=O) groups is 1. The minimum Gasteiger partial charge on any atom is -0.306 e. The Labute approximate surface area is 182 Å². The van der Waals surface area contributed by atoms with Crippen molar-refractivity contribution in [2.75, 3.05) is 24.5 Å². The molecule has 2 bridgehead atoms. The van der Waals surface area contributed by atoms with Gasteiger partial charge in [0.15, 0.2) is 0 Å². The zero-order chi connectivity index (χ0) is 20.5. The van der Waals surface area contributed by atoms with Crippen molar-refractivity contribution >= 4 is 23.1 Å². The molecule has 4 aliphatic rings. The van der Waals surface area contributed by atoms with Crippen LogP contribution in [0, 0.1) is 25.7 Å². The van der Waals surface area contributed by atoms with Crippen LogP contribution in [0.5, 0.6) is 0 Å². The van der Waals surface area contributed by atoms with E-state index in [-0.39, 0.29) is 11.3 Å². The van der Waals surface area contributed by atoms with Crippen LogP contribution in [0.15, 0.2) is 18.2 Å². The van der Waals surface area contributed by atoms with Crippen molar-refractivity contribution in [2.45, 2.75) is 63.8 Å². The molecule has 5 nitrogen and oxygen atoms in total. The number of rotatable bonds is 2. The van der Waals surface area contributed by atoms with Crippen LogP contribution in [0.2, 0.25) is 0 Å². The lowest BCUT2D eigenvalue weighted by Gasteiger charge is -2.44. The summed E-state index contributed by atoms with van der Waals surface area (Å²) in [5, 5.41) is 4.07. The fraction of sp³-hybridized carbons (Fsp3) is 0.625. The summed E-state index contributed by atoms with van der Waals surface area (Å²) < 4.78 is 4.00. The summed E-state index contributed by atoms with van der Waals surface area (Å²) in [4.78, 5) is 18.9. The van der Waals surface area contributed by atoms with Crippen molar-refractivity contribution in [3.8, 4) is 0 Å². The lowest BCUT2D eigenvalue weighted by Crippen LogP contribution is -2.50. The molecule has 3 fully saturated rings. The Morgan fingerprint density at radius 3 is 2.67 bits per heavy atom. The molecule has 1 saturated heterocycles. The summed E-state index contributed by atoms with van der Waals surface area (Å²) >= 11 is 1.22. The van der Waals surface area contributed by atoms with Crippen LogP contribution >= 0.6 is 11.5 Å². The predicted octanol–water partition coefficient (Wildman–Crippen LogP) is 4.34. The van der Waals surface area contributed by atoms with Crippen LogP contribution in [0.3, 0.4) is 0 Å². The van der Waals surface area contributed by atoms with Crippen LogP contribution in [-0.2, 0) is 5.41 Å². The third kappa shape index (κ3) is 2.79. The van der Waals surface area contributed by atoms with Gasteiger partial charge in [0.05, 0.1) is 5.69 Å². The third-order valence-corrected chi connectivity index (χ3v) is 9.31. The number of anilines is 1. The van der Waals surface area contributed by atoms with Crippen molar-refractivity contribution in [1.29, 1.82) is 0 Å². The summed E-state index contributed by atoms with van der Waals surface area (Å²) in [5.41, 5.74) is 4.61. The van der Waals surface area contributed by atoms with Gasteiger partial charge in [0.2, 0.25) is 0 Å². The second-order valence-electron chi connectivity index (χ2n) is 10.2. The second kappa shape index (κ2) is 6.86. The van der Waals surface area contributed by atoms with Gasteiger partial charge in [0.25, 0.3) is 5.91 Å². The largest absolute Gasteiger partial charge is 0.306 e. The van der Waals surface area contributed by atoms with Gasteiger partial charge in [-0.15, -0.1) is 5.10 Å². The standard InChI is InChI=1S/C24H30N4OS/c1-15-3-6-20-19(11-15)24(14-28(20)23(29)22-16(2)25-26-30-22)7-9-27(10-8-24)21-13-17-4-5-18(21)12-17/h3,6,11,17-18,21H,4-5,7-10,12-14H2,1-2H3. The number of aromatic nitrogens is 2. The van der Waals surface area contributed by atoms with Gasteiger partial charge in [-0.25, -0.2) is 0 Å². The number of aryl methyl sites for hydroxylation is 2. The monoisotopic (exact) mass is 422 g/mol. The molecule has 1 aromatic carbocycles. The number of likely N-dealkylation sites (tertiary alicyclic amines) is 1. The van der Waals surface area contributed by atoms with E-state index in [1.54, 1.807) is 0 Å². The summed E-state index contributed by atoms with van der Waals surface area (Å²) in [6.45, 7) is 7.19. The molecule has 30 heavy (non-hydrogen) atoms. The van der Waals surface area contributed by atoms with Crippen molar-refractivity contribution < 1.29 is 4.79 Å². The fourth-order valence-electron chi connectivity index (χ4n) is 6.88. The first kappa shape index (κ1) is 18.9. The number of hydrogen-bond acceptors (Lipinski definition) is 5. The van der Waals surface area contributed by atoms with E-state index in [1.807, 2.05) is 11.8 Å². The van der Waals surface area contributed by atoms with Gasteiger partial charge in [-0.1, -0.05) is 28.6 Å².